The number of nitro groups is 1. The summed E-state index contributed by atoms with van der Waals surface area (Å²) in [5.74, 6) is -3.32. The lowest BCUT2D eigenvalue weighted by Crippen LogP contribution is -2.35. The van der Waals surface area contributed by atoms with Gasteiger partial charge in [0.05, 0.1) is 15.0 Å². The molecule has 0 heterocycles. The van der Waals surface area contributed by atoms with E-state index in [9.17, 15) is 28.5 Å². The molecule has 12 heteroatoms. The Balaban J connectivity index is 1.71. The molecule has 0 aliphatic heterocycles. The fourth-order valence-corrected chi connectivity index (χ4v) is 3.09. The fourth-order valence-electron chi connectivity index (χ4n) is 2.53. The van der Waals surface area contributed by atoms with Crippen LogP contribution in [0.1, 0.15) is 10.4 Å². The van der Waals surface area contributed by atoms with Crippen LogP contribution >= 0.6 is 23.2 Å². The minimum atomic E-state index is -1.28. The molecule has 2 N–H and O–H groups in total. The number of imide groups is 1. The third-order valence-corrected chi connectivity index (χ3v) is 4.50. The Bertz CT molecular complexity index is 1180. The zero-order valence-electron chi connectivity index (χ0n) is 15.7. The van der Waals surface area contributed by atoms with Crippen LogP contribution in [0.15, 0.2) is 54.6 Å². The maximum Gasteiger partial charge on any atom is 0.326 e. The van der Waals surface area contributed by atoms with Crippen LogP contribution in [-0.4, -0.2) is 16.9 Å². The number of non-ortho nitro benzene ring substituents is 1. The number of ether oxygens (including phenoxy) is 1. The molecule has 3 aromatic rings. The molecule has 3 aromatic carbocycles. The lowest BCUT2D eigenvalue weighted by atomic mass is 10.2. The number of carbonyl (C=O) groups is 2. The molecular weight excluding hydrogens is 471 g/mol. The molecule has 3 rings (SSSR count). The largest absolute Gasteiger partial charge is 0.454 e. The number of hydrogen-bond acceptors (Lipinski definition) is 5. The van der Waals surface area contributed by atoms with Gasteiger partial charge in [-0.15, -0.1) is 0 Å². The van der Waals surface area contributed by atoms with E-state index in [4.69, 9.17) is 27.9 Å². The molecule has 0 saturated carbocycles. The zero-order valence-corrected chi connectivity index (χ0v) is 17.2. The summed E-state index contributed by atoms with van der Waals surface area (Å²) in [5.41, 5.74) is -0.995. The van der Waals surface area contributed by atoms with Crippen LogP contribution in [0.2, 0.25) is 10.0 Å². The quantitative estimate of drug-likeness (QED) is 0.346. The number of urea groups is 1. The van der Waals surface area contributed by atoms with Gasteiger partial charge in [-0.25, -0.2) is 13.6 Å². The second-order valence-electron chi connectivity index (χ2n) is 6.13. The molecule has 0 aliphatic rings. The molecule has 164 valence electrons. The number of amides is 3. The van der Waals surface area contributed by atoms with E-state index in [1.807, 2.05) is 0 Å². The normalized spacial score (nSPS) is 10.4. The van der Waals surface area contributed by atoms with Crippen LogP contribution in [0.25, 0.3) is 0 Å². The second-order valence-corrected chi connectivity index (χ2v) is 6.94. The fraction of sp³-hybridized carbons (Fsp3) is 0. The van der Waals surface area contributed by atoms with Crippen LogP contribution in [0, 0.1) is 21.7 Å². The molecule has 8 nitrogen and oxygen atoms in total. The first-order valence-electron chi connectivity index (χ1n) is 8.63. The van der Waals surface area contributed by atoms with Gasteiger partial charge in [-0.3, -0.25) is 20.2 Å². The molecule has 32 heavy (non-hydrogen) atoms. The van der Waals surface area contributed by atoms with Crippen molar-refractivity contribution in [3.8, 4) is 11.5 Å². The van der Waals surface area contributed by atoms with E-state index in [0.717, 1.165) is 18.2 Å². The molecule has 0 radical (unpaired) electrons. The monoisotopic (exact) mass is 481 g/mol. The first kappa shape index (κ1) is 22.9. The minimum Gasteiger partial charge on any atom is -0.454 e. The van der Waals surface area contributed by atoms with E-state index >= 15 is 0 Å². The third-order valence-electron chi connectivity index (χ3n) is 3.94. The maximum absolute atomic E-state index is 13.7. The Labute approximate surface area is 188 Å². The number of nitro benzene ring substituents is 1. The number of halogens is 4. The van der Waals surface area contributed by atoms with Crippen molar-refractivity contribution in [1.82, 2.24) is 5.32 Å². The highest BCUT2D eigenvalue weighted by atomic mass is 35.5. The van der Waals surface area contributed by atoms with Gasteiger partial charge in [0.1, 0.15) is 22.9 Å². The molecule has 0 aliphatic carbocycles. The minimum absolute atomic E-state index is 0.0117. The molecule has 3 amide bonds. The Morgan fingerprint density at radius 2 is 1.53 bits per heavy atom. The van der Waals surface area contributed by atoms with Gasteiger partial charge in [-0.05, 0) is 36.4 Å². The summed E-state index contributed by atoms with van der Waals surface area (Å²) in [6.45, 7) is 0. The highest BCUT2D eigenvalue weighted by molar-refractivity contribution is 6.37. The molecule has 0 unspecified atom stereocenters. The summed E-state index contributed by atoms with van der Waals surface area (Å²) in [6.07, 6.45) is 0. The third kappa shape index (κ3) is 5.29. The number of nitrogens with zero attached hydrogens (tertiary/aromatic N) is 1. The Morgan fingerprint density at radius 3 is 2.06 bits per heavy atom. The van der Waals surface area contributed by atoms with Gasteiger partial charge in [0.25, 0.3) is 11.6 Å². The van der Waals surface area contributed by atoms with E-state index in [-0.39, 0.29) is 32.9 Å². The van der Waals surface area contributed by atoms with Gasteiger partial charge in [-0.2, -0.15) is 0 Å². The van der Waals surface area contributed by atoms with Crippen molar-refractivity contribution < 1.29 is 28.0 Å². The van der Waals surface area contributed by atoms with E-state index in [1.54, 1.807) is 5.32 Å². The first-order chi connectivity index (χ1) is 15.2. The molecule has 0 atom stereocenters. The van der Waals surface area contributed by atoms with Crippen LogP contribution in [0.4, 0.5) is 25.0 Å². The Morgan fingerprint density at radius 1 is 0.969 bits per heavy atom. The van der Waals surface area contributed by atoms with Crippen molar-refractivity contribution in [2.45, 2.75) is 0 Å². The first-order valence-corrected chi connectivity index (χ1v) is 9.39. The average Bonchev–Trinajstić information content (AvgIpc) is 2.70. The summed E-state index contributed by atoms with van der Waals surface area (Å²) in [4.78, 5) is 34.2. The smallest absolute Gasteiger partial charge is 0.326 e. The van der Waals surface area contributed by atoms with Crippen molar-refractivity contribution in [3.63, 3.8) is 0 Å². The van der Waals surface area contributed by atoms with Crippen molar-refractivity contribution in [2.24, 2.45) is 0 Å². The van der Waals surface area contributed by atoms with Crippen LogP contribution < -0.4 is 15.4 Å². The van der Waals surface area contributed by atoms with E-state index in [1.165, 1.54) is 36.4 Å². The van der Waals surface area contributed by atoms with Gasteiger partial charge in [0.15, 0.2) is 5.75 Å². The zero-order chi connectivity index (χ0) is 23.4. The van der Waals surface area contributed by atoms with Crippen molar-refractivity contribution in [3.05, 3.63) is 92.0 Å². The van der Waals surface area contributed by atoms with Gasteiger partial charge in [0.2, 0.25) is 0 Å². The summed E-state index contributed by atoms with van der Waals surface area (Å²) < 4.78 is 32.8. The summed E-state index contributed by atoms with van der Waals surface area (Å²) in [6, 6.07) is 9.39. The topological polar surface area (TPSA) is 111 Å². The lowest BCUT2D eigenvalue weighted by molar-refractivity contribution is -0.384. The summed E-state index contributed by atoms with van der Waals surface area (Å²) in [5, 5.41) is 14.7. The number of nitrogens with one attached hydrogen (secondary N) is 2. The lowest BCUT2D eigenvalue weighted by Gasteiger charge is -2.13. The molecule has 0 fully saturated rings. The number of benzene rings is 3. The molecule has 0 saturated heterocycles. The van der Waals surface area contributed by atoms with Crippen LogP contribution in [0.5, 0.6) is 11.5 Å². The van der Waals surface area contributed by atoms with E-state index in [2.05, 4.69) is 5.32 Å². The highest BCUT2D eigenvalue weighted by Gasteiger charge is 2.20. The Kier molecular flexibility index (Phi) is 6.86. The van der Waals surface area contributed by atoms with Gasteiger partial charge in [0, 0.05) is 17.8 Å². The van der Waals surface area contributed by atoms with Crippen molar-refractivity contribution in [2.75, 3.05) is 5.32 Å². The number of hydrogen-bond donors (Lipinski definition) is 2. The molecular formula is C20H11Cl2F2N3O5. The average molecular weight is 482 g/mol. The van der Waals surface area contributed by atoms with E-state index in [0.29, 0.717) is 0 Å². The van der Waals surface area contributed by atoms with Gasteiger partial charge >= 0.3 is 6.03 Å². The number of carbonyl (C=O) groups excluding carboxylic acids is 2. The number of rotatable bonds is 5. The molecule has 0 aromatic heterocycles. The summed E-state index contributed by atoms with van der Waals surface area (Å²) >= 11 is 12.3. The SMILES string of the molecule is O=C(NC(=O)c1c(F)cccc1F)Nc1cc(Cl)c(Oc2ccc([N+](=O)[O-])cc2)c(Cl)c1. The predicted molar refractivity (Wildman–Crippen MR) is 112 cm³/mol. The summed E-state index contributed by atoms with van der Waals surface area (Å²) in [7, 11) is 0. The Hall–Kier alpha value is -3.76. The standard InChI is InChI=1S/C20H11Cl2F2N3O5/c21-13-8-10(25-20(29)26-19(28)17-15(23)2-1-3-16(17)24)9-14(22)18(13)32-12-6-4-11(5-7-12)27(30)31/h1-9H,(H2,25,26,28,29). The molecule has 0 spiro atoms. The predicted octanol–water partition coefficient (Wildman–Crippen LogP) is 5.93. The maximum atomic E-state index is 13.7. The van der Waals surface area contributed by atoms with Gasteiger partial charge < -0.3 is 10.1 Å². The molecule has 0 bridgehead atoms. The second kappa shape index (κ2) is 9.58. The highest BCUT2D eigenvalue weighted by Crippen LogP contribution is 2.39. The number of anilines is 1. The van der Waals surface area contributed by atoms with Crippen molar-refractivity contribution in [1.29, 1.82) is 0 Å². The van der Waals surface area contributed by atoms with Crippen LogP contribution in [0.3, 0.4) is 0 Å². The van der Waals surface area contributed by atoms with Gasteiger partial charge in [-0.1, -0.05) is 29.3 Å². The van der Waals surface area contributed by atoms with Crippen LogP contribution in [-0.2, 0) is 0 Å². The van der Waals surface area contributed by atoms with E-state index < -0.39 is 34.1 Å². The van der Waals surface area contributed by atoms with Crippen molar-refractivity contribution >= 4 is 46.5 Å².